The first-order valence-corrected chi connectivity index (χ1v) is 19.5. The molecule has 4 aromatic rings. The van der Waals surface area contributed by atoms with E-state index in [9.17, 15) is 49.6 Å². The molecule has 1 saturated heterocycles. The summed E-state index contributed by atoms with van der Waals surface area (Å²) in [5.74, 6) is -0.683. The number of phenolic OH excluding ortho intramolecular Hbond substituents is 2. The van der Waals surface area contributed by atoms with Gasteiger partial charge in [0.25, 0.3) is 22.4 Å². The summed E-state index contributed by atoms with van der Waals surface area (Å²) in [5, 5.41) is 60.5. The quantitative estimate of drug-likeness (QED) is 0.0398. The maximum absolute atomic E-state index is 11.2. The van der Waals surface area contributed by atoms with Crippen LogP contribution in [0.1, 0.15) is 83.5 Å². The number of non-ortho nitro benzene ring substituents is 2. The fraction of sp³-hybridized carbons (Fsp3) is 0.293. The lowest BCUT2D eigenvalue weighted by Gasteiger charge is -2.00. The average Bonchev–Trinajstić information content (AvgIpc) is 4.01. The van der Waals surface area contributed by atoms with Crippen LogP contribution in [-0.2, 0) is 9.53 Å². The van der Waals surface area contributed by atoms with Crippen molar-refractivity contribution >= 4 is 78.0 Å². The highest BCUT2D eigenvalue weighted by Crippen LogP contribution is 2.29. The van der Waals surface area contributed by atoms with Crippen LogP contribution in [0, 0.1) is 30.3 Å². The number of ketones is 4. The molecule has 0 aromatic heterocycles. The number of hydrogen-bond donors (Lipinski definition) is 5. The third-order valence-corrected chi connectivity index (χ3v) is 8.28. The third kappa shape index (κ3) is 23.3. The summed E-state index contributed by atoms with van der Waals surface area (Å²) in [5.41, 5.74) is 7.01. The molecule has 22 nitrogen and oxygen atoms in total. The van der Waals surface area contributed by atoms with Gasteiger partial charge >= 0.3 is 0 Å². The number of aromatic hydroxyl groups is 2. The average molecular weight is 1050 g/mol. The number of ether oxygens (including phenoxy) is 3. The van der Waals surface area contributed by atoms with Gasteiger partial charge in [-0.1, -0.05) is 66.3 Å². The monoisotopic (exact) mass is 1040 g/mol. The molecule has 0 bridgehead atoms. The van der Waals surface area contributed by atoms with Gasteiger partial charge in [-0.2, -0.15) is 0 Å². The number of carbonyl (C=O) groups is 5. The van der Waals surface area contributed by atoms with E-state index in [0.29, 0.717) is 33.9 Å². The first-order chi connectivity index (χ1) is 29.2. The van der Waals surface area contributed by atoms with Crippen molar-refractivity contribution in [2.24, 2.45) is 0 Å². The number of carboxylic acid groups (broad SMARTS) is 1. The van der Waals surface area contributed by atoms with Crippen molar-refractivity contribution in [3.05, 3.63) is 131 Å². The number of halogens is 2. The number of nitrogens with two attached hydrogens (primary N) is 1. The maximum atomic E-state index is 11.2. The highest BCUT2D eigenvalue weighted by molar-refractivity contribution is 9.09. The Morgan fingerprint density at radius 1 is 0.677 bits per heavy atom. The molecular formula is C41H50Br2N4O18. The van der Waals surface area contributed by atoms with E-state index < -0.39 is 26.7 Å². The minimum Gasteiger partial charge on any atom is -0.507 e. The summed E-state index contributed by atoms with van der Waals surface area (Å²) >= 11 is 5.94. The number of carbonyl (C=O) groups excluding carboxylic acids is 4. The van der Waals surface area contributed by atoms with Gasteiger partial charge in [0.1, 0.15) is 23.0 Å². The van der Waals surface area contributed by atoms with Crippen LogP contribution in [-0.4, -0.2) is 102 Å². The lowest BCUT2D eigenvalue weighted by molar-refractivity contribution is -0.742. The lowest BCUT2D eigenvalue weighted by atomic mass is 10.1. The number of aliphatic carboxylic acids is 1. The first-order valence-electron chi connectivity index (χ1n) is 17.3. The number of para-hydroxylation sites is 1. The van der Waals surface area contributed by atoms with Crippen LogP contribution < -0.4 is 15.2 Å². The molecule has 0 spiro atoms. The Bertz CT molecular complexity index is 2210. The van der Waals surface area contributed by atoms with E-state index in [2.05, 4.69) is 31.9 Å². The second-order valence-electron chi connectivity index (χ2n) is 11.8. The SMILES string of the molecule is C.C.C.C1CCOC1.CC(=O)O.Nc1ccc2c(c1)C(=O)CO2.O=C(CBr)c1cc([N+](=O)[O-])ccc1O.O=C(CBr)c1ccccc1O.O=C1COc2ccc([N+](=O)[O-])cc21.O=[N+]([O-])O. The molecule has 65 heavy (non-hydrogen) atoms. The molecule has 3 aliphatic rings. The molecule has 0 radical (unpaired) electrons. The first kappa shape index (κ1) is 62.2. The van der Waals surface area contributed by atoms with Crippen molar-refractivity contribution in [2.45, 2.75) is 42.0 Å². The molecule has 0 aliphatic carbocycles. The van der Waals surface area contributed by atoms with Crippen molar-refractivity contribution in [1.29, 1.82) is 0 Å². The van der Waals surface area contributed by atoms with Crippen LogP contribution in [0.5, 0.6) is 23.0 Å². The zero-order chi connectivity index (χ0) is 46.9. The van der Waals surface area contributed by atoms with E-state index in [1.165, 1.54) is 37.1 Å². The third-order valence-electron chi connectivity index (χ3n) is 7.26. The van der Waals surface area contributed by atoms with Gasteiger partial charge in [0.05, 0.1) is 42.8 Å². The number of benzene rings is 4. The molecule has 0 unspecified atom stereocenters. The maximum Gasteiger partial charge on any atom is 0.300 e. The summed E-state index contributed by atoms with van der Waals surface area (Å²) in [6.45, 7) is 3.22. The Hall–Kier alpha value is -7.05. The van der Waals surface area contributed by atoms with E-state index in [1.54, 1.807) is 36.4 Å². The zero-order valence-corrected chi connectivity index (χ0v) is 35.5. The molecule has 6 N–H and O–H groups in total. The Morgan fingerprint density at radius 3 is 1.51 bits per heavy atom. The molecule has 4 aromatic carbocycles. The molecule has 3 aliphatic heterocycles. The second-order valence-corrected chi connectivity index (χ2v) is 12.9. The smallest absolute Gasteiger partial charge is 0.300 e. The van der Waals surface area contributed by atoms with Crippen LogP contribution in [0.3, 0.4) is 0 Å². The van der Waals surface area contributed by atoms with Gasteiger partial charge in [-0.05, 0) is 55.3 Å². The molecule has 0 saturated carbocycles. The highest BCUT2D eigenvalue weighted by atomic mass is 79.9. The van der Waals surface area contributed by atoms with E-state index >= 15 is 0 Å². The predicted molar refractivity (Wildman–Crippen MR) is 245 cm³/mol. The van der Waals surface area contributed by atoms with Crippen molar-refractivity contribution in [3.8, 4) is 23.0 Å². The molecule has 1 fully saturated rings. The number of carboxylic acids is 1. The summed E-state index contributed by atoms with van der Waals surface area (Å²) in [6.07, 6.45) is 2.56. The summed E-state index contributed by atoms with van der Waals surface area (Å²) in [4.78, 5) is 81.3. The second kappa shape index (κ2) is 32.6. The van der Waals surface area contributed by atoms with Gasteiger partial charge in [0.2, 0.25) is 11.6 Å². The van der Waals surface area contributed by atoms with Crippen LogP contribution in [0.25, 0.3) is 0 Å². The van der Waals surface area contributed by atoms with Crippen molar-refractivity contribution in [2.75, 3.05) is 42.8 Å². The number of nitrogen functional groups attached to an aromatic ring is 1. The molecule has 356 valence electrons. The number of nitro benzene ring substituents is 2. The van der Waals surface area contributed by atoms with Crippen LogP contribution in [0.15, 0.2) is 78.9 Å². The molecular weight excluding hydrogens is 996 g/mol. The largest absolute Gasteiger partial charge is 0.507 e. The topological polar surface area (TPSA) is 349 Å². The van der Waals surface area contributed by atoms with Gasteiger partial charge in [0, 0.05) is 50.1 Å². The number of Topliss-reactive ketones (excluding diaryl/α,β-unsaturated/α-hetero) is 4. The molecule has 24 heteroatoms. The minimum absolute atomic E-state index is 0. The van der Waals surface area contributed by atoms with Gasteiger partial charge in [0.15, 0.2) is 24.8 Å². The fourth-order valence-electron chi connectivity index (χ4n) is 4.53. The zero-order valence-electron chi connectivity index (χ0n) is 32.3. The number of hydrogen-bond acceptors (Lipinski definition) is 17. The Kier molecular flexibility index (Phi) is 31.2. The highest BCUT2D eigenvalue weighted by Gasteiger charge is 2.24. The summed E-state index contributed by atoms with van der Waals surface area (Å²) in [7, 11) is 0. The van der Waals surface area contributed by atoms with Gasteiger partial charge in [-0.25, -0.2) is 0 Å². The lowest BCUT2D eigenvalue weighted by Crippen LogP contribution is -2.01. The fourth-order valence-corrected chi connectivity index (χ4v) is 5.14. The number of rotatable bonds is 6. The van der Waals surface area contributed by atoms with Crippen LogP contribution >= 0.6 is 31.9 Å². The van der Waals surface area contributed by atoms with Gasteiger partial charge in [-0.15, -0.1) is 10.1 Å². The van der Waals surface area contributed by atoms with E-state index in [4.69, 9.17) is 45.2 Å². The Balaban J connectivity index is -0.000000714. The van der Waals surface area contributed by atoms with Gasteiger partial charge < -0.3 is 40.5 Å². The number of nitro groups is 2. The van der Waals surface area contributed by atoms with Crippen molar-refractivity contribution < 1.29 is 73.6 Å². The summed E-state index contributed by atoms with van der Waals surface area (Å²) in [6, 6.07) is 18.9. The number of anilines is 1. The van der Waals surface area contributed by atoms with E-state index in [-0.39, 0.29) is 91.9 Å². The molecule has 0 amide bonds. The van der Waals surface area contributed by atoms with Gasteiger partial charge in [-0.3, -0.25) is 44.2 Å². The van der Waals surface area contributed by atoms with Crippen LogP contribution in [0.4, 0.5) is 17.1 Å². The minimum atomic E-state index is -1.50. The summed E-state index contributed by atoms with van der Waals surface area (Å²) < 4.78 is 15.0. The van der Waals surface area contributed by atoms with Crippen molar-refractivity contribution in [3.63, 3.8) is 0 Å². The normalized spacial score (nSPS) is 11.5. The Labute approximate surface area is 389 Å². The standard InChI is InChI=1S/C8H6BrNO4.C8H7BrO2.C8H5NO4.C8H7NO2.C4H8O.C2H4O2.3CH4.HNO3/c9-4-8(12)6-3-5(10(13)14)1-2-7(6)11;9-5-8(11)6-3-1-2-4-7(6)10;10-7-4-13-8-2-1-5(9(11)12)3-6(7)8;9-5-1-2-8-6(3-5)7(10)4-11-8;1-2-4-5-3-1;1-2(3)4;;;;2-1(3)4/h1-3,11H,4H2;1-4,10H,5H2;1-3H,4H2;1-3H,4,9H2;1-4H2;1H3,(H,3,4);3*1H4;(H,2,3,4). The number of phenols is 2. The molecule has 7 rings (SSSR count). The predicted octanol–water partition coefficient (Wildman–Crippen LogP) is 8.31. The van der Waals surface area contributed by atoms with E-state index in [0.717, 1.165) is 38.3 Å². The van der Waals surface area contributed by atoms with Crippen LogP contribution in [0.2, 0.25) is 0 Å². The number of alkyl halides is 2. The molecule has 3 heterocycles. The molecule has 0 atom stereocenters. The van der Waals surface area contributed by atoms with Crippen molar-refractivity contribution in [1.82, 2.24) is 0 Å². The number of nitrogens with zero attached hydrogens (tertiary/aromatic N) is 3. The Morgan fingerprint density at radius 2 is 1.08 bits per heavy atom. The van der Waals surface area contributed by atoms with E-state index in [1.807, 2.05) is 0 Å². The number of fused-ring (bicyclic) bond motifs is 2.